The topological polar surface area (TPSA) is 66.1 Å². The summed E-state index contributed by atoms with van der Waals surface area (Å²) >= 11 is 2.14. The molecule has 3 rings (SSSR count). The van der Waals surface area contributed by atoms with Crippen molar-refractivity contribution in [3.63, 3.8) is 0 Å². The monoisotopic (exact) mass is 409 g/mol. The zero-order valence-electron chi connectivity index (χ0n) is 11.9. The first kappa shape index (κ1) is 14.8. The lowest BCUT2D eigenvalue weighted by atomic mass is 10.2. The Morgan fingerprint density at radius 2 is 2.00 bits per heavy atom. The average Bonchev–Trinajstić information content (AvgIpc) is 2.54. The van der Waals surface area contributed by atoms with Gasteiger partial charge >= 0.3 is 5.69 Å². The molecule has 0 amide bonds. The molecule has 0 radical (unpaired) electrons. The molecule has 6 nitrogen and oxygen atoms in total. The fourth-order valence-corrected chi connectivity index (χ4v) is 2.81. The van der Waals surface area contributed by atoms with Gasteiger partial charge in [-0.3, -0.25) is 14.3 Å². The zero-order valence-corrected chi connectivity index (χ0v) is 14.1. The summed E-state index contributed by atoms with van der Waals surface area (Å²) in [6.45, 7) is 0. The number of methoxy groups -OCH3 is 1. The minimum atomic E-state index is -0.440. The van der Waals surface area contributed by atoms with E-state index >= 15 is 0 Å². The summed E-state index contributed by atoms with van der Waals surface area (Å²) in [6.07, 6.45) is 3.04. The molecule has 2 heterocycles. The number of hydrogen-bond acceptors (Lipinski definition) is 4. The number of aryl methyl sites for hydroxylation is 1. The molecular formula is C15H12IN3O3. The molecule has 0 spiro atoms. The first-order valence-electron chi connectivity index (χ1n) is 6.44. The van der Waals surface area contributed by atoms with Gasteiger partial charge in [-0.2, -0.15) is 0 Å². The second kappa shape index (κ2) is 5.56. The summed E-state index contributed by atoms with van der Waals surface area (Å²) in [6, 6.07) is 6.91. The van der Waals surface area contributed by atoms with Crippen molar-refractivity contribution in [3.05, 3.63) is 61.1 Å². The number of benzene rings is 1. The minimum Gasteiger partial charge on any atom is -0.495 e. The van der Waals surface area contributed by atoms with E-state index in [0.717, 1.165) is 8.14 Å². The van der Waals surface area contributed by atoms with E-state index in [0.29, 0.717) is 22.3 Å². The lowest BCUT2D eigenvalue weighted by Gasteiger charge is -2.13. The first-order chi connectivity index (χ1) is 10.5. The first-order valence-corrected chi connectivity index (χ1v) is 7.52. The molecule has 0 aliphatic carbocycles. The van der Waals surface area contributed by atoms with E-state index in [9.17, 15) is 9.59 Å². The fourth-order valence-electron chi connectivity index (χ4n) is 2.34. The molecule has 112 valence electrons. The highest BCUT2D eigenvalue weighted by Gasteiger charge is 2.15. The molecule has 22 heavy (non-hydrogen) atoms. The van der Waals surface area contributed by atoms with Crippen LogP contribution in [0.3, 0.4) is 0 Å². The summed E-state index contributed by atoms with van der Waals surface area (Å²) in [5, 5.41) is 0.428. The van der Waals surface area contributed by atoms with Gasteiger partial charge in [-0.15, -0.1) is 0 Å². The molecule has 0 fully saturated rings. The van der Waals surface area contributed by atoms with Crippen LogP contribution in [0.15, 0.2) is 46.2 Å². The lowest BCUT2D eigenvalue weighted by molar-refractivity contribution is 0.411. The van der Waals surface area contributed by atoms with E-state index in [-0.39, 0.29) is 5.56 Å². The predicted molar refractivity (Wildman–Crippen MR) is 91.9 cm³/mol. The van der Waals surface area contributed by atoms with Crippen LogP contribution in [0, 0.1) is 3.57 Å². The number of ether oxygens (including phenoxy) is 1. The van der Waals surface area contributed by atoms with E-state index in [1.54, 1.807) is 25.2 Å². The van der Waals surface area contributed by atoms with Crippen LogP contribution in [0.25, 0.3) is 16.6 Å². The molecule has 2 aromatic heterocycles. The molecule has 3 aromatic rings. The van der Waals surface area contributed by atoms with Crippen LogP contribution in [0.2, 0.25) is 0 Å². The smallest absolute Gasteiger partial charge is 0.336 e. The van der Waals surface area contributed by atoms with Crippen LogP contribution in [-0.2, 0) is 7.05 Å². The second-order valence-corrected chi connectivity index (χ2v) is 5.94. The van der Waals surface area contributed by atoms with Gasteiger partial charge in [-0.1, -0.05) is 0 Å². The molecule has 0 N–H and O–H groups in total. The lowest BCUT2D eigenvalue weighted by Crippen LogP contribution is -2.38. The van der Waals surface area contributed by atoms with E-state index < -0.39 is 5.69 Å². The Labute approximate surface area is 139 Å². The Balaban J connectivity index is 2.48. The van der Waals surface area contributed by atoms with Gasteiger partial charge in [0.05, 0.1) is 29.9 Å². The maximum Gasteiger partial charge on any atom is 0.336 e. The number of pyridine rings is 1. The number of rotatable bonds is 2. The minimum absolute atomic E-state index is 0.389. The Hall–Kier alpha value is -2.16. The normalized spacial score (nSPS) is 10.9. The largest absolute Gasteiger partial charge is 0.495 e. The summed E-state index contributed by atoms with van der Waals surface area (Å²) in [5.74, 6) is 0.472. The van der Waals surface area contributed by atoms with Crippen LogP contribution in [-0.4, -0.2) is 21.2 Å². The Kier molecular flexibility index (Phi) is 3.73. The fraction of sp³-hybridized carbons (Fsp3) is 0.133. The number of fused-ring (bicyclic) bond motifs is 1. The van der Waals surface area contributed by atoms with Crippen molar-refractivity contribution in [2.24, 2.45) is 7.05 Å². The van der Waals surface area contributed by atoms with Crippen LogP contribution in [0.5, 0.6) is 5.75 Å². The van der Waals surface area contributed by atoms with Crippen LogP contribution in [0.4, 0.5) is 0 Å². The third kappa shape index (κ3) is 2.21. The van der Waals surface area contributed by atoms with Gasteiger partial charge in [0.25, 0.3) is 5.56 Å². The standard InChI is InChI=1S/C15H12IN3O3/c1-18-12-8-17-6-5-10(12)14(20)19(15(18)21)11-4-3-9(16)7-13(11)22-2/h3-8H,1-2H3. The molecule has 0 atom stereocenters. The van der Waals surface area contributed by atoms with Crippen LogP contribution in [0.1, 0.15) is 0 Å². The highest BCUT2D eigenvalue weighted by molar-refractivity contribution is 14.1. The van der Waals surface area contributed by atoms with E-state index in [1.165, 1.54) is 24.1 Å². The Morgan fingerprint density at radius 3 is 2.73 bits per heavy atom. The van der Waals surface area contributed by atoms with Crippen molar-refractivity contribution < 1.29 is 4.74 Å². The van der Waals surface area contributed by atoms with Gasteiger partial charge < -0.3 is 4.74 Å². The summed E-state index contributed by atoms with van der Waals surface area (Å²) in [4.78, 5) is 29.3. The number of nitrogens with zero attached hydrogens (tertiary/aromatic N) is 3. The summed E-state index contributed by atoms with van der Waals surface area (Å²) in [5.41, 5.74) is 0.0930. The van der Waals surface area contributed by atoms with Crippen LogP contribution < -0.4 is 16.0 Å². The van der Waals surface area contributed by atoms with Crippen molar-refractivity contribution in [2.75, 3.05) is 7.11 Å². The van der Waals surface area contributed by atoms with Gasteiger partial charge in [0.1, 0.15) is 5.75 Å². The van der Waals surface area contributed by atoms with E-state index in [1.807, 2.05) is 6.07 Å². The molecule has 0 aliphatic rings. The van der Waals surface area contributed by atoms with Crippen molar-refractivity contribution in [1.82, 2.24) is 14.1 Å². The summed E-state index contributed by atoms with van der Waals surface area (Å²) < 4.78 is 8.80. The van der Waals surface area contributed by atoms with Gasteiger partial charge in [0.2, 0.25) is 0 Å². The van der Waals surface area contributed by atoms with E-state index in [2.05, 4.69) is 27.6 Å². The Bertz CT molecular complexity index is 991. The SMILES string of the molecule is COc1cc(I)ccc1-n1c(=O)c2ccncc2n(C)c1=O. The zero-order chi connectivity index (χ0) is 15.9. The maximum atomic E-state index is 12.7. The van der Waals surface area contributed by atoms with Crippen molar-refractivity contribution >= 4 is 33.5 Å². The van der Waals surface area contributed by atoms with Crippen molar-refractivity contribution in [3.8, 4) is 11.4 Å². The predicted octanol–water partition coefficient (Wildman–Crippen LogP) is 1.70. The molecule has 0 aliphatic heterocycles. The molecule has 0 saturated heterocycles. The highest BCUT2D eigenvalue weighted by Crippen LogP contribution is 2.23. The quantitative estimate of drug-likeness (QED) is 0.605. The molecule has 0 unspecified atom stereocenters. The number of halogens is 1. The number of aromatic nitrogens is 3. The van der Waals surface area contributed by atoms with Crippen LogP contribution >= 0.6 is 22.6 Å². The molecule has 0 saturated carbocycles. The third-order valence-electron chi connectivity index (χ3n) is 3.46. The number of hydrogen-bond donors (Lipinski definition) is 0. The van der Waals surface area contributed by atoms with Gasteiger partial charge in [0.15, 0.2) is 0 Å². The highest BCUT2D eigenvalue weighted by atomic mass is 127. The van der Waals surface area contributed by atoms with Gasteiger partial charge in [-0.05, 0) is 46.9 Å². The average molecular weight is 409 g/mol. The molecular weight excluding hydrogens is 397 g/mol. The van der Waals surface area contributed by atoms with Gasteiger partial charge in [-0.25, -0.2) is 9.36 Å². The molecule has 1 aromatic carbocycles. The second-order valence-electron chi connectivity index (χ2n) is 4.69. The molecule has 7 heteroatoms. The van der Waals surface area contributed by atoms with Crippen molar-refractivity contribution in [1.29, 1.82) is 0 Å². The maximum absolute atomic E-state index is 12.7. The third-order valence-corrected chi connectivity index (χ3v) is 4.13. The van der Waals surface area contributed by atoms with Gasteiger partial charge in [0, 0.05) is 16.8 Å². The Morgan fingerprint density at radius 1 is 1.23 bits per heavy atom. The van der Waals surface area contributed by atoms with Crippen molar-refractivity contribution in [2.45, 2.75) is 0 Å². The molecule has 0 bridgehead atoms. The van der Waals surface area contributed by atoms with E-state index in [4.69, 9.17) is 4.74 Å². The summed E-state index contributed by atoms with van der Waals surface area (Å²) in [7, 11) is 3.12.